The molecule has 0 unspecified atom stereocenters. The molecule has 6 heteroatoms. The lowest BCUT2D eigenvalue weighted by Gasteiger charge is -2.16. The number of carbonyl (C=O) groups is 1. The van der Waals surface area contributed by atoms with Gasteiger partial charge in [-0.15, -0.1) is 0 Å². The van der Waals surface area contributed by atoms with Crippen molar-refractivity contribution in [2.75, 3.05) is 16.8 Å². The number of nitrogens with one attached hydrogen (secondary N) is 2. The molecule has 24 heavy (non-hydrogen) atoms. The van der Waals surface area contributed by atoms with E-state index < -0.39 is 0 Å². The van der Waals surface area contributed by atoms with Crippen molar-refractivity contribution >= 4 is 34.6 Å². The zero-order valence-electron chi connectivity index (χ0n) is 13.1. The van der Waals surface area contributed by atoms with Gasteiger partial charge in [0.2, 0.25) is 5.91 Å². The molecule has 2 N–H and O–H groups in total. The first-order valence-electron chi connectivity index (χ1n) is 7.81. The van der Waals surface area contributed by atoms with E-state index in [2.05, 4.69) is 10.6 Å². The first-order valence-corrected chi connectivity index (χ1v) is 8.22. The molecular weight excluding hydrogens is 325 g/mol. The van der Waals surface area contributed by atoms with Gasteiger partial charge in [-0.1, -0.05) is 12.1 Å². The molecule has 1 saturated heterocycles. The lowest BCUT2D eigenvalue weighted by atomic mass is 10.2. The van der Waals surface area contributed by atoms with Gasteiger partial charge in [0, 0.05) is 30.9 Å². The van der Waals surface area contributed by atoms with Crippen molar-refractivity contribution in [2.24, 2.45) is 0 Å². The van der Waals surface area contributed by atoms with E-state index in [0.717, 1.165) is 29.9 Å². The molecule has 0 bridgehead atoms. The summed E-state index contributed by atoms with van der Waals surface area (Å²) in [5.41, 5.74) is 2.71. The number of carbonyl (C=O) groups excluding carboxylic acids is 1. The normalized spacial score (nSPS) is 13.9. The van der Waals surface area contributed by atoms with Gasteiger partial charge in [-0.3, -0.25) is 4.79 Å². The van der Waals surface area contributed by atoms with Gasteiger partial charge in [0.1, 0.15) is 5.82 Å². The number of hydrogen-bond donors (Lipinski definition) is 2. The Labute approximate surface area is 145 Å². The topological polar surface area (TPSA) is 44.4 Å². The van der Waals surface area contributed by atoms with Crippen LogP contribution in [0.3, 0.4) is 0 Å². The maximum atomic E-state index is 12.9. The lowest BCUT2D eigenvalue weighted by molar-refractivity contribution is -0.117. The summed E-state index contributed by atoms with van der Waals surface area (Å²) in [5.74, 6) is -0.0804. The molecule has 1 aliphatic heterocycles. The molecule has 1 amide bonds. The zero-order chi connectivity index (χ0) is 16.9. The highest BCUT2D eigenvalue weighted by Gasteiger charge is 2.21. The molecule has 4 nitrogen and oxygen atoms in total. The smallest absolute Gasteiger partial charge is 0.227 e. The third-order valence-electron chi connectivity index (χ3n) is 3.88. The summed E-state index contributed by atoms with van der Waals surface area (Å²) in [5, 5.41) is 6.66. The first-order chi connectivity index (χ1) is 11.6. The second kappa shape index (κ2) is 7.40. The van der Waals surface area contributed by atoms with E-state index in [1.807, 2.05) is 24.3 Å². The number of halogens is 1. The third kappa shape index (κ3) is 4.08. The molecule has 1 aliphatic rings. The summed E-state index contributed by atoms with van der Waals surface area (Å²) < 4.78 is 12.9. The van der Waals surface area contributed by atoms with Gasteiger partial charge in [-0.05, 0) is 60.6 Å². The maximum absolute atomic E-state index is 12.9. The average Bonchev–Trinajstić information content (AvgIpc) is 3.01. The fourth-order valence-corrected chi connectivity index (χ4v) is 2.80. The van der Waals surface area contributed by atoms with E-state index >= 15 is 0 Å². The second-order valence-corrected chi connectivity index (χ2v) is 6.04. The Morgan fingerprint density at radius 1 is 1.12 bits per heavy atom. The number of hydrogen-bond acceptors (Lipinski definition) is 2. The van der Waals surface area contributed by atoms with Crippen LogP contribution < -0.4 is 15.5 Å². The summed E-state index contributed by atoms with van der Waals surface area (Å²) in [6.07, 6.45) is 1.54. The summed E-state index contributed by atoms with van der Waals surface area (Å²) >= 11 is 5.26. The van der Waals surface area contributed by atoms with Gasteiger partial charge in [-0.25, -0.2) is 4.39 Å². The Bertz CT molecular complexity index is 731. The fourth-order valence-electron chi connectivity index (χ4n) is 2.61. The number of thiocarbonyl (C=S) groups is 1. The van der Waals surface area contributed by atoms with Gasteiger partial charge < -0.3 is 15.5 Å². The number of amides is 1. The molecule has 3 rings (SSSR count). The van der Waals surface area contributed by atoms with Crippen molar-refractivity contribution in [1.29, 1.82) is 0 Å². The van der Waals surface area contributed by atoms with Crippen molar-refractivity contribution < 1.29 is 9.18 Å². The highest BCUT2D eigenvalue weighted by Crippen LogP contribution is 2.22. The molecular formula is C18H18FN3OS. The van der Waals surface area contributed by atoms with Gasteiger partial charge in [-0.2, -0.15) is 0 Å². The molecule has 1 fully saturated rings. The third-order valence-corrected chi connectivity index (χ3v) is 4.12. The van der Waals surface area contributed by atoms with Crippen LogP contribution in [0.4, 0.5) is 15.8 Å². The largest absolute Gasteiger partial charge is 0.358 e. The summed E-state index contributed by atoms with van der Waals surface area (Å²) in [7, 11) is 0. The molecule has 0 aromatic heterocycles. The van der Waals surface area contributed by atoms with Crippen LogP contribution in [-0.4, -0.2) is 17.6 Å². The highest BCUT2D eigenvalue weighted by molar-refractivity contribution is 7.80. The number of nitrogens with zero attached hydrogens (tertiary/aromatic N) is 1. The number of benzene rings is 2. The molecule has 1 heterocycles. The Morgan fingerprint density at radius 2 is 1.83 bits per heavy atom. The number of anilines is 2. The predicted octanol–water partition coefficient (Wildman–Crippen LogP) is 3.44. The molecule has 124 valence electrons. The molecule has 2 aromatic rings. The first kappa shape index (κ1) is 16.4. The minimum absolute atomic E-state index is 0.173. The Hall–Kier alpha value is -2.47. The molecule has 0 saturated carbocycles. The van der Waals surface area contributed by atoms with Crippen molar-refractivity contribution in [3.8, 4) is 0 Å². The van der Waals surface area contributed by atoms with E-state index in [1.54, 1.807) is 17.0 Å². The predicted molar refractivity (Wildman–Crippen MR) is 97.5 cm³/mol. The van der Waals surface area contributed by atoms with Gasteiger partial charge in [0.25, 0.3) is 0 Å². The Kier molecular flexibility index (Phi) is 5.05. The summed E-state index contributed by atoms with van der Waals surface area (Å²) in [6.45, 7) is 1.30. The van der Waals surface area contributed by atoms with Crippen LogP contribution in [0.25, 0.3) is 0 Å². The minimum Gasteiger partial charge on any atom is -0.358 e. The minimum atomic E-state index is -0.254. The van der Waals surface area contributed by atoms with Gasteiger partial charge >= 0.3 is 0 Å². The van der Waals surface area contributed by atoms with Crippen molar-refractivity contribution in [2.45, 2.75) is 19.4 Å². The van der Waals surface area contributed by atoms with Crippen LogP contribution in [0.2, 0.25) is 0 Å². The summed E-state index contributed by atoms with van der Waals surface area (Å²) in [4.78, 5) is 13.5. The average molecular weight is 343 g/mol. The molecule has 0 aliphatic carbocycles. The van der Waals surface area contributed by atoms with E-state index in [1.165, 1.54) is 12.1 Å². The highest BCUT2D eigenvalue weighted by atomic mass is 32.1. The lowest BCUT2D eigenvalue weighted by Crippen LogP contribution is -2.28. The standard InChI is InChI=1S/C18H18FN3OS/c19-14-5-3-13(4-6-14)12-20-18(24)21-15-7-9-16(10-8-15)22-11-1-2-17(22)23/h3-10H,1-2,11-12H2,(H2,20,21,24). The van der Waals surface area contributed by atoms with E-state index in [-0.39, 0.29) is 11.7 Å². The second-order valence-electron chi connectivity index (χ2n) is 5.63. The van der Waals surface area contributed by atoms with Crippen LogP contribution in [0.5, 0.6) is 0 Å². The molecule has 0 radical (unpaired) electrons. The molecule has 2 aromatic carbocycles. The maximum Gasteiger partial charge on any atom is 0.227 e. The van der Waals surface area contributed by atoms with Crippen LogP contribution >= 0.6 is 12.2 Å². The van der Waals surface area contributed by atoms with Gasteiger partial charge in [0.05, 0.1) is 0 Å². The SMILES string of the molecule is O=C1CCCN1c1ccc(NC(=S)NCc2ccc(F)cc2)cc1. The Balaban J connectivity index is 1.52. The Morgan fingerprint density at radius 3 is 2.46 bits per heavy atom. The van der Waals surface area contributed by atoms with Crippen LogP contribution in [0.15, 0.2) is 48.5 Å². The van der Waals surface area contributed by atoms with Crippen LogP contribution in [-0.2, 0) is 11.3 Å². The molecule has 0 atom stereocenters. The summed E-state index contributed by atoms with van der Waals surface area (Å²) in [6, 6.07) is 13.9. The fraction of sp³-hybridized carbons (Fsp3) is 0.222. The number of rotatable bonds is 4. The van der Waals surface area contributed by atoms with Crippen molar-refractivity contribution in [3.63, 3.8) is 0 Å². The van der Waals surface area contributed by atoms with Gasteiger partial charge in [0.15, 0.2) is 5.11 Å². The monoisotopic (exact) mass is 343 g/mol. The van der Waals surface area contributed by atoms with Crippen LogP contribution in [0.1, 0.15) is 18.4 Å². The van der Waals surface area contributed by atoms with E-state index in [0.29, 0.717) is 18.1 Å². The van der Waals surface area contributed by atoms with Crippen molar-refractivity contribution in [3.05, 3.63) is 59.9 Å². The molecule has 0 spiro atoms. The van der Waals surface area contributed by atoms with Crippen molar-refractivity contribution in [1.82, 2.24) is 5.32 Å². The zero-order valence-corrected chi connectivity index (χ0v) is 13.9. The van der Waals surface area contributed by atoms with Crippen LogP contribution in [0, 0.1) is 5.82 Å². The van der Waals surface area contributed by atoms with E-state index in [9.17, 15) is 9.18 Å². The quantitative estimate of drug-likeness (QED) is 0.835. The van der Waals surface area contributed by atoms with E-state index in [4.69, 9.17) is 12.2 Å².